The predicted octanol–water partition coefficient (Wildman–Crippen LogP) is 4.40. The van der Waals surface area contributed by atoms with Gasteiger partial charge in [0.1, 0.15) is 0 Å². The number of benzene rings is 1. The minimum atomic E-state index is 0. The minimum Gasteiger partial charge on any atom is -0.327 e. The van der Waals surface area contributed by atoms with Crippen molar-refractivity contribution < 1.29 is 0 Å². The van der Waals surface area contributed by atoms with Gasteiger partial charge in [-0.25, -0.2) is 0 Å². The molecule has 0 bridgehead atoms. The van der Waals surface area contributed by atoms with E-state index in [0.29, 0.717) is 6.04 Å². The Morgan fingerprint density at radius 2 is 1.91 bits per heavy atom. The Morgan fingerprint density at radius 3 is 2.59 bits per heavy atom. The Balaban J connectivity index is 0.00000176. The molecule has 120 valence electrons. The summed E-state index contributed by atoms with van der Waals surface area (Å²) in [6.07, 6.45) is 1.10. The summed E-state index contributed by atoms with van der Waals surface area (Å²) in [7, 11) is 0. The molecule has 2 N–H and O–H groups in total. The molecule has 0 aliphatic carbocycles. The quantitative estimate of drug-likeness (QED) is 0.900. The van der Waals surface area contributed by atoms with E-state index in [4.69, 9.17) is 5.73 Å². The number of piperidine rings is 1. The van der Waals surface area contributed by atoms with Crippen molar-refractivity contribution in [3.05, 3.63) is 47.3 Å². The van der Waals surface area contributed by atoms with E-state index in [1.807, 2.05) is 11.3 Å². The van der Waals surface area contributed by atoms with Gasteiger partial charge in [-0.05, 0) is 29.5 Å². The molecule has 1 unspecified atom stereocenters. The Morgan fingerprint density at radius 1 is 1.18 bits per heavy atom. The molecule has 1 aliphatic rings. The molecule has 0 spiro atoms. The van der Waals surface area contributed by atoms with Crippen LogP contribution in [0.25, 0.3) is 10.4 Å². The van der Waals surface area contributed by atoms with Gasteiger partial charge in [0.25, 0.3) is 0 Å². The number of nitrogens with zero attached hydrogens (tertiary/aromatic N) is 1. The molecule has 2 aromatic rings. The van der Waals surface area contributed by atoms with Crippen LogP contribution in [0.5, 0.6) is 0 Å². The highest BCUT2D eigenvalue weighted by molar-refractivity contribution is 7.15. The van der Waals surface area contributed by atoms with Crippen LogP contribution in [0.15, 0.2) is 42.5 Å². The number of rotatable bonds is 3. The maximum atomic E-state index is 6.22. The fourth-order valence-corrected chi connectivity index (χ4v) is 4.12. The second-order valence-corrected chi connectivity index (χ2v) is 7.89. The van der Waals surface area contributed by atoms with Crippen LogP contribution in [0.2, 0.25) is 0 Å². The Labute approximate surface area is 143 Å². The number of hydrogen-bond donors (Lipinski definition) is 1. The SMILES string of the molecule is CC1(C)CN(Cc2ccc(-c3ccccc3)s2)CCC1N.Cl. The van der Waals surface area contributed by atoms with Crippen molar-refractivity contribution in [3.63, 3.8) is 0 Å². The van der Waals surface area contributed by atoms with Gasteiger partial charge < -0.3 is 5.73 Å². The maximum Gasteiger partial charge on any atom is 0.0346 e. The van der Waals surface area contributed by atoms with Crippen LogP contribution >= 0.6 is 23.7 Å². The van der Waals surface area contributed by atoms with Crippen molar-refractivity contribution in [2.45, 2.75) is 32.9 Å². The van der Waals surface area contributed by atoms with Gasteiger partial charge >= 0.3 is 0 Å². The third kappa shape index (κ3) is 3.90. The van der Waals surface area contributed by atoms with Gasteiger partial charge in [-0.3, -0.25) is 4.90 Å². The molecule has 1 atom stereocenters. The van der Waals surface area contributed by atoms with Crippen molar-refractivity contribution in [1.29, 1.82) is 0 Å². The Bertz CT molecular complexity index is 594. The Kier molecular flexibility index (Phi) is 5.67. The molecule has 1 aromatic heterocycles. The molecular formula is C18H25ClN2S. The van der Waals surface area contributed by atoms with E-state index < -0.39 is 0 Å². The molecule has 4 heteroatoms. The first-order valence-electron chi connectivity index (χ1n) is 7.67. The number of halogens is 1. The van der Waals surface area contributed by atoms with Crippen LogP contribution in [-0.2, 0) is 6.54 Å². The highest BCUT2D eigenvalue weighted by atomic mass is 35.5. The lowest BCUT2D eigenvalue weighted by atomic mass is 9.80. The smallest absolute Gasteiger partial charge is 0.0346 e. The second-order valence-electron chi connectivity index (χ2n) is 6.73. The molecule has 1 fully saturated rings. The highest BCUT2D eigenvalue weighted by Gasteiger charge is 2.33. The summed E-state index contributed by atoms with van der Waals surface area (Å²) in [5.74, 6) is 0. The van der Waals surface area contributed by atoms with Gasteiger partial charge in [-0.2, -0.15) is 0 Å². The summed E-state index contributed by atoms with van der Waals surface area (Å²) in [5, 5.41) is 0. The third-order valence-corrected chi connectivity index (χ3v) is 5.61. The third-order valence-electron chi connectivity index (χ3n) is 4.49. The lowest BCUT2D eigenvalue weighted by Gasteiger charge is -2.42. The second kappa shape index (κ2) is 7.14. The molecule has 1 aromatic carbocycles. The fourth-order valence-electron chi connectivity index (χ4n) is 3.06. The summed E-state index contributed by atoms with van der Waals surface area (Å²) in [5.41, 5.74) is 7.76. The zero-order valence-electron chi connectivity index (χ0n) is 13.3. The lowest BCUT2D eigenvalue weighted by Crippen LogP contribution is -2.51. The number of nitrogens with two attached hydrogens (primary N) is 1. The standard InChI is InChI=1S/C18H24N2S.ClH/c1-18(2)13-20(11-10-17(18)19)12-15-8-9-16(21-15)14-6-4-3-5-7-14;/h3-9,17H,10-13,19H2,1-2H3;1H. The van der Waals surface area contributed by atoms with E-state index in [1.54, 1.807) is 0 Å². The van der Waals surface area contributed by atoms with E-state index >= 15 is 0 Å². The van der Waals surface area contributed by atoms with Crippen LogP contribution in [0, 0.1) is 5.41 Å². The van der Waals surface area contributed by atoms with E-state index in [1.165, 1.54) is 15.3 Å². The molecule has 3 rings (SSSR count). The molecule has 0 radical (unpaired) electrons. The molecule has 2 heterocycles. The van der Waals surface area contributed by atoms with Crippen molar-refractivity contribution in [2.75, 3.05) is 13.1 Å². The van der Waals surface area contributed by atoms with Gasteiger partial charge in [-0.15, -0.1) is 23.7 Å². The summed E-state index contributed by atoms with van der Waals surface area (Å²) in [6, 6.07) is 15.5. The van der Waals surface area contributed by atoms with Crippen LogP contribution in [0.1, 0.15) is 25.1 Å². The van der Waals surface area contributed by atoms with Crippen LogP contribution in [0.4, 0.5) is 0 Å². The van der Waals surface area contributed by atoms with Crippen LogP contribution < -0.4 is 5.73 Å². The van der Waals surface area contributed by atoms with Crippen LogP contribution in [0.3, 0.4) is 0 Å². The largest absolute Gasteiger partial charge is 0.327 e. The number of thiophene rings is 1. The van der Waals surface area contributed by atoms with Crippen molar-refractivity contribution in [1.82, 2.24) is 4.90 Å². The van der Waals surface area contributed by atoms with Crippen molar-refractivity contribution in [2.24, 2.45) is 11.1 Å². The monoisotopic (exact) mass is 336 g/mol. The molecule has 22 heavy (non-hydrogen) atoms. The number of hydrogen-bond acceptors (Lipinski definition) is 3. The first-order chi connectivity index (χ1) is 10.0. The average Bonchev–Trinajstić information content (AvgIpc) is 2.92. The summed E-state index contributed by atoms with van der Waals surface area (Å²) in [4.78, 5) is 5.35. The average molecular weight is 337 g/mol. The molecular weight excluding hydrogens is 312 g/mol. The molecule has 1 aliphatic heterocycles. The summed E-state index contributed by atoms with van der Waals surface area (Å²) >= 11 is 1.91. The number of likely N-dealkylation sites (tertiary alicyclic amines) is 1. The van der Waals surface area contributed by atoms with Gasteiger partial charge in [0.2, 0.25) is 0 Å². The lowest BCUT2D eigenvalue weighted by molar-refractivity contribution is 0.0907. The topological polar surface area (TPSA) is 29.3 Å². The summed E-state index contributed by atoms with van der Waals surface area (Å²) in [6.45, 7) is 7.82. The van der Waals surface area contributed by atoms with Crippen LogP contribution in [-0.4, -0.2) is 24.0 Å². The molecule has 2 nitrogen and oxygen atoms in total. The minimum absolute atomic E-state index is 0. The zero-order chi connectivity index (χ0) is 14.9. The summed E-state index contributed by atoms with van der Waals surface area (Å²) < 4.78 is 0. The van der Waals surface area contributed by atoms with Gasteiger partial charge in [-0.1, -0.05) is 44.2 Å². The van der Waals surface area contributed by atoms with E-state index in [2.05, 4.69) is 61.2 Å². The first-order valence-corrected chi connectivity index (χ1v) is 8.48. The highest BCUT2D eigenvalue weighted by Crippen LogP contribution is 2.32. The molecule has 1 saturated heterocycles. The molecule has 0 saturated carbocycles. The van der Waals surface area contributed by atoms with E-state index in [9.17, 15) is 0 Å². The van der Waals surface area contributed by atoms with Crippen molar-refractivity contribution in [3.8, 4) is 10.4 Å². The maximum absolute atomic E-state index is 6.22. The van der Waals surface area contributed by atoms with Crippen molar-refractivity contribution >= 4 is 23.7 Å². The predicted molar refractivity (Wildman–Crippen MR) is 98.7 cm³/mol. The van der Waals surface area contributed by atoms with Gasteiger partial charge in [0, 0.05) is 35.4 Å². The normalized spacial score (nSPS) is 21.3. The first kappa shape index (κ1) is 17.5. The zero-order valence-corrected chi connectivity index (χ0v) is 14.9. The van der Waals surface area contributed by atoms with E-state index in [0.717, 1.165) is 26.1 Å². The van der Waals surface area contributed by atoms with Gasteiger partial charge in [0.15, 0.2) is 0 Å². The Hall–Kier alpha value is -0.870. The van der Waals surface area contributed by atoms with Gasteiger partial charge in [0.05, 0.1) is 0 Å². The molecule has 0 amide bonds. The fraction of sp³-hybridized carbons (Fsp3) is 0.444. The van der Waals surface area contributed by atoms with E-state index in [-0.39, 0.29) is 17.8 Å².